The van der Waals surface area contributed by atoms with Crippen LogP contribution in [0.4, 0.5) is 0 Å². The Morgan fingerprint density at radius 2 is 1.47 bits per heavy atom. The van der Waals surface area contributed by atoms with Gasteiger partial charge in [0.1, 0.15) is 11.5 Å². The summed E-state index contributed by atoms with van der Waals surface area (Å²) in [6, 6.07) is -4.61. The molecule has 0 amide bonds. The number of benzene rings is 2. The summed E-state index contributed by atoms with van der Waals surface area (Å²) < 4.78 is 76.5. The van der Waals surface area contributed by atoms with E-state index in [0.29, 0.717) is 0 Å². The van der Waals surface area contributed by atoms with Crippen LogP contribution in [0.15, 0.2) is 54.4 Å². The van der Waals surface area contributed by atoms with E-state index in [-0.39, 0.29) is 17.4 Å². The highest BCUT2D eigenvalue weighted by Crippen LogP contribution is 2.33. The molecule has 2 rings (SSSR count). The fourth-order valence-electron chi connectivity index (χ4n) is 1.30. The molecule has 0 heterocycles. The molecule has 0 radical (unpaired) electrons. The SMILES string of the molecule is [2H]c1c([2H])c([2H])c(Oc2c([2H])c([2H])c([2H])c([2H])c2C(C)(C)C)c([2H])c1[2H]. The van der Waals surface area contributed by atoms with Gasteiger partial charge in [0.05, 0.1) is 12.3 Å². The van der Waals surface area contributed by atoms with Crippen molar-refractivity contribution in [2.45, 2.75) is 26.2 Å². The zero-order chi connectivity index (χ0) is 20.1. The van der Waals surface area contributed by atoms with E-state index in [1.807, 2.05) is 0 Å². The lowest BCUT2D eigenvalue weighted by atomic mass is 9.86. The predicted molar refractivity (Wildman–Crippen MR) is 71.7 cm³/mol. The molecule has 0 bridgehead atoms. The van der Waals surface area contributed by atoms with Gasteiger partial charge in [0.25, 0.3) is 0 Å². The Morgan fingerprint density at radius 1 is 0.882 bits per heavy atom. The Balaban J connectivity index is 2.85. The summed E-state index contributed by atoms with van der Waals surface area (Å²) in [4.78, 5) is 0. The van der Waals surface area contributed by atoms with Gasteiger partial charge in [-0.25, -0.2) is 0 Å². The van der Waals surface area contributed by atoms with Gasteiger partial charge in [-0.15, -0.1) is 0 Å². The number of hydrogen-bond donors (Lipinski definition) is 0. The van der Waals surface area contributed by atoms with Crippen LogP contribution in [-0.4, -0.2) is 0 Å². The van der Waals surface area contributed by atoms with Crippen molar-refractivity contribution in [2.75, 3.05) is 0 Å². The first-order chi connectivity index (χ1) is 11.8. The molecular formula is C16H18O. The van der Waals surface area contributed by atoms with Crippen LogP contribution < -0.4 is 4.74 Å². The van der Waals surface area contributed by atoms with Crippen molar-refractivity contribution >= 4 is 0 Å². The lowest BCUT2D eigenvalue weighted by Gasteiger charge is -2.22. The normalized spacial score (nSPS) is 18.6. The van der Waals surface area contributed by atoms with Gasteiger partial charge in [-0.2, -0.15) is 0 Å². The van der Waals surface area contributed by atoms with Crippen molar-refractivity contribution in [3.8, 4) is 11.5 Å². The molecule has 88 valence electrons. The minimum Gasteiger partial charge on any atom is -0.457 e. The zero-order valence-electron chi connectivity index (χ0n) is 18.9. The van der Waals surface area contributed by atoms with Gasteiger partial charge in [0, 0.05) is 5.56 Å². The molecule has 0 saturated carbocycles. The third-order valence-electron chi connectivity index (χ3n) is 2.08. The maximum Gasteiger partial charge on any atom is 0.131 e. The molecule has 2 aromatic carbocycles. The number of para-hydroxylation sites is 2. The van der Waals surface area contributed by atoms with Crippen LogP contribution in [0, 0.1) is 0 Å². The minimum absolute atomic E-state index is 0.162. The number of hydrogen-bond acceptors (Lipinski definition) is 1. The molecule has 1 heteroatoms. The summed E-state index contributed by atoms with van der Waals surface area (Å²) >= 11 is 0. The quantitative estimate of drug-likeness (QED) is 0.728. The summed E-state index contributed by atoms with van der Waals surface area (Å²) in [7, 11) is 0. The molecule has 1 nitrogen and oxygen atoms in total. The first-order valence-corrected chi connectivity index (χ1v) is 5.16. The minimum atomic E-state index is -0.737. The van der Waals surface area contributed by atoms with Gasteiger partial charge in [-0.3, -0.25) is 0 Å². The van der Waals surface area contributed by atoms with Crippen molar-refractivity contribution < 1.29 is 17.1 Å². The van der Waals surface area contributed by atoms with Gasteiger partial charge in [-0.05, 0) is 23.5 Å². The molecule has 0 fully saturated rings. The van der Waals surface area contributed by atoms with E-state index in [1.54, 1.807) is 20.8 Å². The van der Waals surface area contributed by atoms with Gasteiger partial charge in [0.15, 0.2) is 0 Å². The van der Waals surface area contributed by atoms with Crippen molar-refractivity contribution in [3.05, 3.63) is 59.9 Å². The second kappa shape index (κ2) is 4.62. The van der Waals surface area contributed by atoms with Gasteiger partial charge < -0.3 is 4.74 Å². The fourth-order valence-corrected chi connectivity index (χ4v) is 1.30. The molecule has 0 atom stereocenters. The maximum absolute atomic E-state index is 8.15. The summed E-state index contributed by atoms with van der Waals surface area (Å²) in [6.07, 6.45) is 0. The third kappa shape index (κ3) is 2.88. The van der Waals surface area contributed by atoms with Crippen molar-refractivity contribution in [1.29, 1.82) is 0 Å². The van der Waals surface area contributed by atoms with Gasteiger partial charge in [0.2, 0.25) is 0 Å². The van der Waals surface area contributed by atoms with Gasteiger partial charge in [-0.1, -0.05) is 57.0 Å². The molecule has 0 aliphatic heterocycles. The van der Waals surface area contributed by atoms with Crippen molar-refractivity contribution in [3.63, 3.8) is 0 Å². The Bertz CT molecular complexity index is 871. The van der Waals surface area contributed by atoms with Crippen molar-refractivity contribution in [1.82, 2.24) is 0 Å². The zero-order valence-corrected chi connectivity index (χ0v) is 9.91. The topological polar surface area (TPSA) is 9.23 Å². The Labute approximate surface area is 116 Å². The van der Waals surface area contributed by atoms with Crippen molar-refractivity contribution in [2.24, 2.45) is 0 Å². The predicted octanol–water partition coefficient (Wildman–Crippen LogP) is 4.78. The van der Waals surface area contributed by atoms with Crippen LogP contribution >= 0.6 is 0 Å². The second-order valence-corrected chi connectivity index (χ2v) is 4.51. The lowest BCUT2D eigenvalue weighted by molar-refractivity contribution is 0.455. The molecule has 0 spiro atoms. The molecule has 0 N–H and O–H groups in total. The standard InChI is InChI=1S/C16H18O/c1-16(2,3)14-11-7-8-12-15(14)17-13-9-5-4-6-10-13/h4-12H,1-3H3/i4D,5D,6D,7D,8D,9D,10D,11D,12D. The summed E-state index contributed by atoms with van der Waals surface area (Å²) in [5.41, 5.74) is -0.575. The van der Waals surface area contributed by atoms with E-state index in [9.17, 15) is 0 Å². The largest absolute Gasteiger partial charge is 0.457 e. The lowest BCUT2D eigenvalue weighted by Crippen LogP contribution is -2.12. The van der Waals surface area contributed by atoms with E-state index < -0.39 is 59.5 Å². The van der Waals surface area contributed by atoms with E-state index >= 15 is 0 Å². The molecule has 2 aromatic rings. The molecule has 0 aromatic heterocycles. The number of rotatable bonds is 2. The third-order valence-corrected chi connectivity index (χ3v) is 2.08. The average molecular weight is 235 g/mol. The van der Waals surface area contributed by atoms with E-state index in [1.165, 1.54) is 0 Å². The average Bonchev–Trinajstić information content (AvgIpc) is 2.56. The highest BCUT2D eigenvalue weighted by Gasteiger charge is 2.18. The monoisotopic (exact) mass is 235 g/mol. The van der Waals surface area contributed by atoms with Crippen LogP contribution in [0.25, 0.3) is 0 Å². The van der Waals surface area contributed by atoms with Crippen LogP contribution in [0.3, 0.4) is 0 Å². The molecule has 0 unspecified atom stereocenters. The van der Waals surface area contributed by atoms with E-state index in [4.69, 9.17) is 17.1 Å². The second-order valence-electron chi connectivity index (χ2n) is 4.51. The van der Waals surface area contributed by atoms with Crippen LogP contribution in [0.5, 0.6) is 11.5 Å². The number of ether oxygens (including phenoxy) is 1. The molecule has 0 aliphatic rings. The van der Waals surface area contributed by atoms with E-state index in [0.717, 1.165) is 0 Å². The Morgan fingerprint density at radius 3 is 2.12 bits per heavy atom. The molecule has 17 heavy (non-hydrogen) atoms. The fraction of sp³-hybridized carbons (Fsp3) is 0.250. The maximum atomic E-state index is 8.15. The summed E-state index contributed by atoms with van der Waals surface area (Å²) in [5, 5.41) is 0. The molecule has 0 aliphatic carbocycles. The van der Waals surface area contributed by atoms with E-state index in [2.05, 4.69) is 0 Å². The van der Waals surface area contributed by atoms with Gasteiger partial charge >= 0.3 is 0 Å². The summed E-state index contributed by atoms with van der Waals surface area (Å²) in [6.45, 7) is 5.20. The Hall–Kier alpha value is -1.76. The smallest absolute Gasteiger partial charge is 0.131 e. The molecule has 0 saturated heterocycles. The van der Waals surface area contributed by atoms with Crippen LogP contribution in [-0.2, 0) is 5.41 Å². The van der Waals surface area contributed by atoms with Crippen LogP contribution in [0.1, 0.15) is 38.7 Å². The first-order valence-electron chi connectivity index (χ1n) is 9.66. The molecular weight excluding hydrogens is 208 g/mol. The Kier molecular flexibility index (Phi) is 1.32. The highest BCUT2D eigenvalue weighted by atomic mass is 16.5. The highest BCUT2D eigenvalue weighted by molar-refractivity contribution is 5.41. The first kappa shape index (κ1) is 4.85. The summed E-state index contributed by atoms with van der Waals surface area (Å²) in [5.74, 6) is -0.728. The van der Waals surface area contributed by atoms with Crippen LogP contribution in [0.2, 0.25) is 0 Å².